The van der Waals surface area contributed by atoms with E-state index in [0.717, 1.165) is 22.0 Å². The summed E-state index contributed by atoms with van der Waals surface area (Å²) in [5.74, 6) is -0.152. The highest BCUT2D eigenvalue weighted by Crippen LogP contribution is 2.21. The Labute approximate surface area is 190 Å². The van der Waals surface area contributed by atoms with Gasteiger partial charge in [0.2, 0.25) is 5.91 Å². The molecule has 0 aliphatic heterocycles. The van der Waals surface area contributed by atoms with Crippen molar-refractivity contribution in [1.29, 1.82) is 5.26 Å². The lowest BCUT2D eigenvalue weighted by atomic mass is 10.1. The van der Waals surface area contributed by atoms with Crippen molar-refractivity contribution in [3.05, 3.63) is 101 Å². The van der Waals surface area contributed by atoms with E-state index in [1.165, 1.54) is 0 Å². The van der Waals surface area contributed by atoms with Gasteiger partial charge in [-0.15, -0.1) is 0 Å². The topological polar surface area (TPSA) is 79.4 Å². The molecule has 1 amide bonds. The number of fused-ring (bicyclic) bond motifs is 1. The minimum absolute atomic E-state index is 0.146. The summed E-state index contributed by atoms with van der Waals surface area (Å²) in [6.45, 7) is 0.343. The molecule has 0 unspecified atom stereocenters. The van der Waals surface area contributed by atoms with Gasteiger partial charge in [-0.1, -0.05) is 53.2 Å². The van der Waals surface area contributed by atoms with E-state index in [4.69, 9.17) is 21.7 Å². The number of halogens is 1. The molecule has 3 aromatic carbocycles. The zero-order chi connectivity index (χ0) is 22.3. The number of carbonyl (C=O) groups is 1. The molecule has 0 atom stereocenters. The van der Waals surface area contributed by atoms with Crippen LogP contribution in [0.1, 0.15) is 16.7 Å². The molecule has 32 heavy (non-hydrogen) atoms. The maximum absolute atomic E-state index is 12.5. The third-order valence-electron chi connectivity index (χ3n) is 4.89. The normalized spacial score (nSPS) is 10.9. The molecule has 0 radical (unpaired) electrons. The van der Waals surface area contributed by atoms with E-state index in [0.29, 0.717) is 16.3 Å². The first-order chi connectivity index (χ1) is 15.6. The molecule has 0 aliphatic rings. The van der Waals surface area contributed by atoms with Gasteiger partial charge in [-0.2, -0.15) is 5.26 Å². The van der Waals surface area contributed by atoms with E-state index in [1.807, 2.05) is 53.2 Å². The van der Waals surface area contributed by atoms with Gasteiger partial charge in [0.15, 0.2) is 0 Å². The van der Waals surface area contributed by atoms with Crippen molar-refractivity contribution in [2.45, 2.75) is 13.2 Å². The van der Waals surface area contributed by atoms with Crippen molar-refractivity contribution in [3.8, 4) is 6.07 Å². The van der Waals surface area contributed by atoms with Crippen molar-refractivity contribution in [3.63, 3.8) is 0 Å². The molecule has 0 bridgehead atoms. The Morgan fingerprint density at radius 1 is 1.09 bits per heavy atom. The maximum atomic E-state index is 12.5. The SMILES string of the molecule is N#Cc1ccccc1CO/N=C\c1cn(CC(=O)Nc2ccc(Cl)cc2)c2ccccc12. The number of anilines is 1. The molecule has 1 heterocycles. The highest BCUT2D eigenvalue weighted by Gasteiger charge is 2.10. The second-order valence-electron chi connectivity index (χ2n) is 7.06. The van der Waals surface area contributed by atoms with E-state index in [-0.39, 0.29) is 19.1 Å². The number of oxime groups is 1. The molecule has 1 N–H and O–H groups in total. The van der Waals surface area contributed by atoms with Gasteiger partial charge in [-0.25, -0.2) is 0 Å². The van der Waals surface area contributed by atoms with E-state index in [9.17, 15) is 4.79 Å². The van der Waals surface area contributed by atoms with Crippen LogP contribution in [0.5, 0.6) is 0 Å². The first-order valence-electron chi connectivity index (χ1n) is 9.90. The van der Waals surface area contributed by atoms with Crippen LogP contribution in [0.4, 0.5) is 5.69 Å². The van der Waals surface area contributed by atoms with E-state index in [2.05, 4.69) is 16.5 Å². The number of rotatable bonds is 7. The van der Waals surface area contributed by atoms with Gasteiger partial charge in [0.05, 0.1) is 17.8 Å². The van der Waals surface area contributed by atoms with Crippen LogP contribution in [0.2, 0.25) is 5.02 Å². The predicted octanol–water partition coefficient (Wildman–Crippen LogP) is 5.36. The van der Waals surface area contributed by atoms with Crippen molar-refractivity contribution >= 4 is 40.3 Å². The van der Waals surface area contributed by atoms with Gasteiger partial charge in [0.1, 0.15) is 13.2 Å². The van der Waals surface area contributed by atoms with Crippen LogP contribution >= 0.6 is 11.6 Å². The van der Waals surface area contributed by atoms with Gasteiger partial charge < -0.3 is 14.7 Å². The molecule has 1 aromatic heterocycles. The standard InChI is InChI=1S/C25H19ClN4O2/c26-21-9-11-22(12-10-21)29-25(31)16-30-15-20(23-7-3-4-8-24(23)30)14-28-32-17-19-6-2-1-5-18(19)13-27/h1-12,14-15H,16-17H2,(H,29,31)/b28-14-. The van der Waals surface area contributed by atoms with Gasteiger partial charge in [-0.3, -0.25) is 4.79 Å². The summed E-state index contributed by atoms with van der Waals surface area (Å²) >= 11 is 5.89. The Morgan fingerprint density at radius 3 is 2.66 bits per heavy atom. The molecule has 158 valence electrons. The summed E-state index contributed by atoms with van der Waals surface area (Å²) < 4.78 is 1.87. The van der Waals surface area contributed by atoms with Crippen molar-refractivity contribution in [2.24, 2.45) is 5.16 Å². The Balaban J connectivity index is 1.47. The Bertz CT molecular complexity index is 1320. The van der Waals surface area contributed by atoms with Crippen molar-refractivity contribution in [1.82, 2.24) is 4.57 Å². The number of nitrogens with zero attached hydrogens (tertiary/aromatic N) is 3. The zero-order valence-corrected chi connectivity index (χ0v) is 17.8. The van der Waals surface area contributed by atoms with Crippen molar-refractivity contribution in [2.75, 3.05) is 5.32 Å². The Morgan fingerprint density at radius 2 is 1.84 bits per heavy atom. The van der Waals surface area contributed by atoms with Crippen LogP contribution < -0.4 is 5.32 Å². The highest BCUT2D eigenvalue weighted by atomic mass is 35.5. The van der Waals surface area contributed by atoms with Crippen LogP contribution in [0.3, 0.4) is 0 Å². The fourth-order valence-electron chi connectivity index (χ4n) is 3.35. The molecule has 0 saturated carbocycles. The third kappa shape index (κ3) is 4.97. The number of hydrogen-bond donors (Lipinski definition) is 1. The fourth-order valence-corrected chi connectivity index (χ4v) is 3.48. The minimum atomic E-state index is -0.152. The van der Waals surface area contributed by atoms with Crippen LogP contribution in [-0.2, 0) is 22.8 Å². The summed E-state index contributed by atoms with van der Waals surface area (Å²) in [5.41, 5.74) is 3.76. The van der Waals surface area contributed by atoms with Gasteiger partial charge in [0.25, 0.3) is 0 Å². The van der Waals surface area contributed by atoms with Gasteiger partial charge in [-0.05, 0) is 36.4 Å². The predicted molar refractivity (Wildman–Crippen MR) is 126 cm³/mol. The first-order valence-corrected chi connectivity index (χ1v) is 10.3. The quantitative estimate of drug-likeness (QED) is 0.309. The number of nitriles is 1. The molecule has 4 rings (SSSR count). The molecule has 0 saturated heterocycles. The number of aromatic nitrogens is 1. The Hall–Kier alpha value is -4.08. The highest BCUT2D eigenvalue weighted by molar-refractivity contribution is 6.30. The van der Waals surface area contributed by atoms with Crippen LogP contribution in [-0.4, -0.2) is 16.7 Å². The Kier molecular flexibility index (Phi) is 6.49. The third-order valence-corrected chi connectivity index (χ3v) is 5.14. The second-order valence-corrected chi connectivity index (χ2v) is 7.50. The summed E-state index contributed by atoms with van der Waals surface area (Å²) in [6.07, 6.45) is 3.48. The summed E-state index contributed by atoms with van der Waals surface area (Å²) in [5, 5.41) is 17.7. The fraction of sp³-hybridized carbons (Fsp3) is 0.0800. The molecule has 7 heteroatoms. The average Bonchev–Trinajstić information content (AvgIpc) is 3.16. The maximum Gasteiger partial charge on any atom is 0.244 e. The summed E-state index contributed by atoms with van der Waals surface area (Å²) in [7, 11) is 0. The van der Waals surface area contributed by atoms with Crippen molar-refractivity contribution < 1.29 is 9.63 Å². The smallest absolute Gasteiger partial charge is 0.244 e. The summed E-state index contributed by atoms with van der Waals surface area (Å²) in [6, 6.07) is 24.1. The lowest BCUT2D eigenvalue weighted by Gasteiger charge is -2.07. The molecule has 6 nitrogen and oxygen atoms in total. The largest absolute Gasteiger partial charge is 0.391 e. The van der Waals surface area contributed by atoms with E-state index < -0.39 is 0 Å². The average molecular weight is 443 g/mol. The lowest BCUT2D eigenvalue weighted by molar-refractivity contribution is -0.116. The summed E-state index contributed by atoms with van der Waals surface area (Å²) in [4.78, 5) is 18.0. The zero-order valence-electron chi connectivity index (χ0n) is 17.0. The van der Waals surface area contributed by atoms with Crippen LogP contribution in [0, 0.1) is 11.3 Å². The minimum Gasteiger partial charge on any atom is -0.391 e. The lowest BCUT2D eigenvalue weighted by Crippen LogP contribution is -2.18. The molecular weight excluding hydrogens is 424 g/mol. The number of nitrogens with one attached hydrogen (secondary N) is 1. The number of hydrogen-bond acceptors (Lipinski definition) is 4. The first kappa shape index (κ1) is 21.2. The van der Waals surface area contributed by atoms with Crippen LogP contribution in [0.25, 0.3) is 10.9 Å². The number of carbonyl (C=O) groups excluding carboxylic acids is 1. The molecule has 0 aliphatic carbocycles. The monoisotopic (exact) mass is 442 g/mol. The second kappa shape index (κ2) is 9.82. The molecule has 0 fully saturated rings. The molecule has 0 spiro atoms. The number of benzene rings is 3. The van der Waals surface area contributed by atoms with E-state index in [1.54, 1.807) is 36.5 Å². The number of para-hydroxylation sites is 1. The van der Waals surface area contributed by atoms with E-state index >= 15 is 0 Å². The molecule has 4 aromatic rings. The molecular formula is C25H19ClN4O2. The number of amides is 1. The van der Waals surface area contributed by atoms with Crippen LogP contribution in [0.15, 0.2) is 84.1 Å². The van der Waals surface area contributed by atoms with Gasteiger partial charge >= 0.3 is 0 Å². The van der Waals surface area contributed by atoms with Gasteiger partial charge in [0, 0.05) is 38.9 Å².